The maximum absolute atomic E-state index is 12.3. The van der Waals surface area contributed by atoms with Crippen molar-refractivity contribution >= 4 is 16.9 Å². The summed E-state index contributed by atoms with van der Waals surface area (Å²) in [6.07, 6.45) is 1.99. The number of hydrogen-bond donors (Lipinski definition) is 1. The van der Waals surface area contributed by atoms with Gasteiger partial charge in [0.25, 0.3) is 0 Å². The highest BCUT2D eigenvalue weighted by Gasteiger charge is 2.45. The van der Waals surface area contributed by atoms with Crippen molar-refractivity contribution in [1.82, 2.24) is 4.90 Å². The van der Waals surface area contributed by atoms with E-state index in [0.717, 1.165) is 22.1 Å². The van der Waals surface area contributed by atoms with Crippen molar-refractivity contribution in [3.63, 3.8) is 0 Å². The molecule has 1 N–H and O–H groups in total. The Bertz CT molecular complexity index is 680. The second kappa shape index (κ2) is 4.88. The number of amides is 1. The molecule has 0 saturated carbocycles. The van der Waals surface area contributed by atoms with Crippen LogP contribution in [-0.2, 0) is 11.2 Å². The minimum absolute atomic E-state index is 0.0450. The van der Waals surface area contributed by atoms with E-state index in [4.69, 9.17) is 4.42 Å². The lowest BCUT2D eigenvalue weighted by molar-refractivity contribution is -0.163. The number of carbonyl (C=O) groups excluding carboxylic acids is 1. The van der Waals surface area contributed by atoms with Crippen molar-refractivity contribution in [2.75, 3.05) is 13.1 Å². The molecule has 4 nitrogen and oxygen atoms in total. The molecule has 0 atom stereocenters. The van der Waals surface area contributed by atoms with Gasteiger partial charge in [0.2, 0.25) is 5.91 Å². The topological polar surface area (TPSA) is 53.7 Å². The second-order valence-electron chi connectivity index (χ2n) is 6.45. The molecular formula is C17H21NO3. The summed E-state index contributed by atoms with van der Waals surface area (Å²) in [6.45, 7) is 6.83. The lowest BCUT2D eigenvalue weighted by Gasteiger charge is -2.49. The number of fused-ring (bicyclic) bond motifs is 1. The molecule has 21 heavy (non-hydrogen) atoms. The summed E-state index contributed by atoms with van der Waals surface area (Å²) in [5.41, 5.74) is 2.15. The van der Waals surface area contributed by atoms with E-state index in [9.17, 15) is 9.90 Å². The van der Waals surface area contributed by atoms with Crippen LogP contribution in [0, 0.1) is 12.8 Å². The monoisotopic (exact) mass is 287 g/mol. The molecule has 1 aromatic heterocycles. The first kappa shape index (κ1) is 14.1. The van der Waals surface area contributed by atoms with E-state index >= 15 is 0 Å². The van der Waals surface area contributed by atoms with Crippen molar-refractivity contribution in [3.8, 4) is 0 Å². The Balaban J connectivity index is 1.71. The minimum Gasteiger partial charge on any atom is -0.464 e. The number of benzene rings is 1. The summed E-state index contributed by atoms with van der Waals surface area (Å²) in [4.78, 5) is 14.0. The molecule has 0 unspecified atom stereocenters. The molecule has 0 bridgehead atoms. The predicted molar refractivity (Wildman–Crippen MR) is 81.0 cm³/mol. The number of β-amino-alcohol motifs (C(OH)–C–C–N with tert-alkyl or cyclic N) is 1. The number of rotatable bonds is 3. The van der Waals surface area contributed by atoms with Crippen molar-refractivity contribution in [2.45, 2.75) is 32.8 Å². The number of aliphatic hydroxyl groups is 1. The lowest BCUT2D eigenvalue weighted by atomic mass is 9.83. The summed E-state index contributed by atoms with van der Waals surface area (Å²) in [7, 11) is 0. The quantitative estimate of drug-likeness (QED) is 0.943. The van der Waals surface area contributed by atoms with Gasteiger partial charge in [0.15, 0.2) is 0 Å². The number of nitrogens with zero attached hydrogens (tertiary/aromatic N) is 1. The average Bonchev–Trinajstić information content (AvgIpc) is 2.76. The Kier molecular flexibility index (Phi) is 3.29. The zero-order chi connectivity index (χ0) is 15.2. The molecule has 0 aliphatic carbocycles. The third-order valence-corrected chi connectivity index (χ3v) is 4.51. The highest BCUT2D eigenvalue weighted by molar-refractivity contribution is 5.88. The summed E-state index contributed by atoms with van der Waals surface area (Å²) >= 11 is 0. The average molecular weight is 287 g/mol. The second-order valence-corrected chi connectivity index (χ2v) is 6.45. The molecule has 1 aliphatic rings. The predicted octanol–water partition coefficient (Wildman–Crippen LogP) is 2.51. The number of likely N-dealkylation sites (tertiary alicyclic amines) is 1. The molecule has 0 spiro atoms. The van der Waals surface area contributed by atoms with E-state index in [0.29, 0.717) is 19.5 Å². The van der Waals surface area contributed by atoms with Crippen molar-refractivity contribution in [3.05, 3.63) is 35.6 Å². The highest BCUT2D eigenvalue weighted by Crippen LogP contribution is 2.30. The number of furan rings is 1. The van der Waals surface area contributed by atoms with E-state index in [2.05, 4.69) is 0 Å². The number of hydrogen-bond acceptors (Lipinski definition) is 3. The fourth-order valence-corrected chi connectivity index (χ4v) is 2.76. The maximum Gasteiger partial charge on any atom is 0.227 e. The standard InChI is InChI=1S/C17H21NO3/c1-11(2)17(20)9-18(10-17)16(19)7-13-8-21-15-6-12(3)4-5-14(13)15/h4-6,8,11,20H,7,9-10H2,1-3H3. The number of carbonyl (C=O) groups is 1. The van der Waals surface area contributed by atoms with Crippen LogP contribution >= 0.6 is 0 Å². The van der Waals surface area contributed by atoms with Gasteiger partial charge in [-0.1, -0.05) is 26.0 Å². The van der Waals surface area contributed by atoms with Gasteiger partial charge >= 0.3 is 0 Å². The van der Waals surface area contributed by atoms with Gasteiger partial charge in [-0.25, -0.2) is 0 Å². The molecule has 0 radical (unpaired) electrons. The van der Waals surface area contributed by atoms with Gasteiger partial charge in [-0.15, -0.1) is 0 Å². The molecule has 1 aromatic carbocycles. The van der Waals surface area contributed by atoms with Crippen LogP contribution in [0.1, 0.15) is 25.0 Å². The first-order valence-corrected chi connectivity index (χ1v) is 7.36. The molecule has 4 heteroatoms. The van der Waals surface area contributed by atoms with Gasteiger partial charge in [0.05, 0.1) is 25.8 Å². The molecular weight excluding hydrogens is 266 g/mol. The maximum atomic E-state index is 12.3. The van der Waals surface area contributed by atoms with Crippen molar-refractivity contribution in [1.29, 1.82) is 0 Å². The molecule has 2 heterocycles. The third kappa shape index (κ3) is 2.44. The zero-order valence-electron chi connectivity index (χ0n) is 12.7. The summed E-state index contributed by atoms with van der Waals surface area (Å²) in [5, 5.41) is 11.2. The summed E-state index contributed by atoms with van der Waals surface area (Å²) < 4.78 is 5.52. The van der Waals surface area contributed by atoms with E-state index in [1.807, 2.05) is 39.0 Å². The summed E-state index contributed by atoms with van der Waals surface area (Å²) in [6, 6.07) is 5.99. The van der Waals surface area contributed by atoms with Crippen LogP contribution in [0.2, 0.25) is 0 Å². The zero-order valence-corrected chi connectivity index (χ0v) is 12.7. The normalized spacial score (nSPS) is 17.3. The van der Waals surface area contributed by atoms with Crippen LogP contribution in [0.4, 0.5) is 0 Å². The molecule has 1 saturated heterocycles. The fourth-order valence-electron chi connectivity index (χ4n) is 2.76. The van der Waals surface area contributed by atoms with Gasteiger partial charge < -0.3 is 14.4 Å². The Labute approximate surface area is 124 Å². The first-order chi connectivity index (χ1) is 9.89. The van der Waals surface area contributed by atoms with Crippen molar-refractivity contribution in [2.24, 2.45) is 5.92 Å². The Hall–Kier alpha value is -1.81. The smallest absolute Gasteiger partial charge is 0.227 e. The van der Waals surface area contributed by atoms with Crippen LogP contribution < -0.4 is 0 Å². The van der Waals surface area contributed by atoms with Crippen LogP contribution in [0.5, 0.6) is 0 Å². The van der Waals surface area contributed by atoms with E-state index in [1.165, 1.54) is 0 Å². The van der Waals surface area contributed by atoms with E-state index in [-0.39, 0.29) is 11.8 Å². The fraction of sp³-hybridized carbons (Fsp3) is 0.471. The van der Waals surface area contributed by atoms with Crippen LogP contribution in [-0.4, -0.2) is 34.6 Å². The van der Waals surface area contributed by atoms with Gasteiger partial charge in [-0.3, -0.25) is 4.79 Å². The third-order valence-electron chi connectivity index (χ3n) is 4.51. The van der Waals surface area contributed by atoms with Crippen LogP contribution in [0.3, 0.4) is 0 Å². The van der Waals surface area contributed by atoms with Crippen molar-refractivity contribution < 1.29 is 14.3 Å². The number of aryl methyl sites for hydroxylation is 1. The van der Waals surface area contributed by atoms with Gasteiger partial charge in [0, 0.05) is 10.9 Å². The van der Waals surface area contributed by atoms with Crippen LogP contribution in [0.25, 0.3) is 11.0 Å². The highest BCUT2D eigenvalue weighted by atomic mass is 16.3. The van der Waals surface area contributed by atoms with Gasteiger partial charge in [0.1, 0.15) is 11.2 Å². The minimum atomic E-state index is -0.717. The van der Waals surface area contributed by atoms with Gasteiger partial charge in [-0.2, -0.15) is 0 Å². The largest absolute Gasteiger partial charge is 0.464 e. The lowest BCUT2D eigenvalue weighted by Crippen LogP contribution is -2.66. The molecule has 1 amide bonds. The first-order valence-electron chi connectivity index (χ1n) is 7.36. The Morgan fingerprint density at radius 2 is 2.14 bits per heavy atom. The summed E-state index contributed by atoms with van der Waals surface area (Å²) in [5.74, 6) is 0.211. The van der Waals surface area contributed by atoms with E-state index < -0.39 is 5.60 Å². The van der Waals surface area contributed by atoms with Gasteiger partial charge in [-0.05, 0) is 24.5 Å². The van der Waals surface area contributed by atoms with Crippen LogP contribution in [0.15, 0.2) is 28.9 Å². The Morgan fingerprint density at radius 1 is 1.43 bits per heavy atom. The molecule has 2 aromatic rings. The molecule has 112 valence electrons. The van der Waals surface area contributed by atoms with E-state index in [1.54, 1.807) is 11.2 Å². The Morgan fingerprint density at radius 3 is 2.81 bits per heavy atom. The SMILES string of the molecule is Cc1ccc2c(CC(=O)N3CC(O)(C(C)C)C3)coc2c1. The molecule has 1 fully saturated rings. The molecule has 3 rings (SSSR count). The molecule has 1 aliphatic heterocycles.